The number of hydrogen-bond donors (Lipinski definition) is 1. The van der Waals surface area contributed by atoms with Crippen molar-refractivity contribution in [2.45, 2.75) is 19.9 Å². The molecule has 0 atom stereocenters. The number of aromatic nitrogens is 1. The summed E-state index contributed by atoms with van der Waals surface area (Å²) < 4.78 is 5.48. The molecule has 0 bridgehead atoms. The molecule has 0 radical (unpaired) electrons. The number of nitrogens with zero attached hydrogens (tertiary/aromatic N) is 1. The highest BCUT2D eigenvalue weighted by Crippen LogP contribution is 2.23. The third kappa shape index (κ3) is 3.97. The van der Waals surface area contributed by atoms with Crippen LogP contribution in [0.1, 0.15) is 16.8 Å². The van der Waals surface area contributed by atoms with Gasteiger partial charge in [0.05, 0.1) is 6.42 Å². The summed E-state index contributed by atoms with van der Waals surface area (Å²) in [7, 11) is 1.84. The fraction of sp³-hybridized carbons (Fsp3) is 0.227. The topological polar surface area (TPSA) is 45.3 Å². The molecule has 4 heteroatoms. The molecule has 3 aromatic rings. The van der Waals surface area contributed by atoms with Crippen LogP contribution < -0.4 is 4.74 Å². The van der Waals surface area contributed by atoms with Gasteiger partial charge in [0.1, 0.15) is 12.4 Å². The molecule has 1 N–H and O–H groups in total. The number of carbonyl (C=O) groups excluding carboxylic acids is 1. The molecule has 1 aromatic heterocycles. The predicted molar refractivity (Wildman–Crippen MR) is 105 cm³/mol. The average molecular weight is 348 g/mol. The number of likely N-dealkylation sites (N-methyl/N-ethyl adjacent to an activating group) is 1. The number of benzene rings is 2. The van der Waals surface area contributed by atoms with Crippen molar-refractivity contribution >= 4 is 16.8 Å². The van der Waals surface area contributed by atoms with Gasteiger partial charge < -0.3 is 14.6 Å². The summed E-state index contributed by atoms with van der Waals surface area (Å²) in [6, 6.07) is 15.9. The number of rotatable bonds is 7. The summed E-state index contributed by atoms with van der Waals surface area (Å²) in [6.45, 7) is 6.71. The number of ether oxygens (including phenoxy) is 1. The summed E-state index contributed by atoms with van der Waals surface area (Å²) in [6.07, 6.45) is 2.11. The first-order valence-electron chi connectivity index (χ1n) is 8.71. The van der Waals surface area contributed by atoms with Gasteiger partial charge in [0.15, 0.2) is 0 Å². The number of aromatic amines is 1. The number of nitrogens with one attached hydrogen (secondary N) is 1. The minimum atomic E-state index is 0.102. The second-order valence-corrected chi connectivity index (χ2v) is 6.44. The Morgan fingerprint density at radius 2 is 1.92 bits per heavy atom. The molecular formula is C22H24N2O2. The van der Waals surface area contributed by atoms with Crippen molar-refractivity contribution < 1.29 is 9.53 Å². The van der Waals surface area contributed by atoms with Gasteiger partial charge in [-0.05, 0) is 36.2 Å². The maximum Gasteiger partial charge on any atom is 0.227 e. The Hall–Kier alpha value is -3.01. The molecule has 0 unspecified atom stereocenters. The third-order valence-electron chi connectivity index (χ3n) is 4.49. The fourth-order valence-corrected chi connectivity index (χ4v) is 3.06. The SMILES string of the molecule is C=CCOc1ccc(CN(C)C(=O)Cc2c(C)[nH]c3ccccc23)cc1. The Kier molecular flexibility index (Phi) is 5.42. The van der Waals surface area contributed by atoms with Crippen LogP contribution in [0.5, 0.6) is 5.75 Å². The molecule has 1 heterocycles. The van der Waals surface area contributed by atoms with E-state index in [-0.39, 0.29) is 5.91 Å². The van der Waals surface area contributed by atoms with E-state index in [0.717, 1.165) is 33.5 Å². The molecule has 0 aliphatic rings. The normalized spacial score (nSPS) is 10.7. The minimum absolute atomic E-state index is 0.102. The molecule has 134 valence electrons. The monoisotopic (exact) mass is 348 g/mol. The molecule has 26 heavy (non-hydrogen) atoms. The number of carbonyl (C=O) groups is 1. The largest absolute Gasteiger partial charge is 0.490 e. The highest BCUT2D eigenvalue weighted by molar-refractivity contribution is 5.90. The van der Waals surface area contributed by atoms with Gasteiger partial charge in [-0.15, -0.1) is 0 Å². The van der Waals surface area contributed by atoms with Crippen LogP contribution in [0.2, 0.25) is 0 Å². The van der Waals surface area contributed by atoms with Crippen LogP contribution in [-0.2, 0) is 17.8 Å². The zero-order chi connectivity index (χ0) is 18.5. The van der Waals surface area contributed by atoms with E-state index in [1.807, 2.05) is 56.4 Å². The van der Waals surface area contributed by atoms with Crippen LogP contribution in [-0.4, -0.2) is 29.4 Å². The Morgan fingerprint density at radius 1 is 1.19 bits per heavy atom. The van der Waals surface area contributed by atoms with Gasteiger partial charge in [0.2, 0.25) is 5.91 Å². The lowest BCUT2D eigenvalue weighted by Gasteiger charge is -2.18. The lowest BCUT2D eigenvalue weighted by atomic mass is 10.1. The molecule has 0 saturated heterocycles. The highest BCUT2D eigenvalue weighted by atomic mass is 16.5. The van der Waals surface area contributed by atoms with Gasteiger partial charge >= 0.3 is 0 Å². The van der Waals surface area contributed by atoms with E-state index in [4.69, 9.17) is 4.74 Å². The second kappa shape index (κ2) is 7.91. The third-order valence-corrected chi connectivity index (χ3v) is 4.49. The maximum absolute atomic E-state index is 12.7. The van der Waals surface area contributed by atoms with E-state index < -0.39 is 0 Å². The number of para-hydroxylation sites is 1. The average Bonchev–Trinajstić information content (AvgIpc) is 2.96. The van der Waals surface area contributed by atoms with Crippen LogP contribution in [0, 0.1) is 6.92 Å². The van der Waals surface area contributed by atoms with Crippen molar-refractivity contribution in [3.8, 4) is 5.75 Å². The van der Waals surface area contributed by atoms with Crippen LogP contribution in [0.4, 0.5) is 0 Å². The first kappa shape index (κ1) is 17.8. The zero-order valence-electron chi connectivity index (χ0n) is 15.3. The number of fused-ring (bicyclic) bond motifs is 1. The second-order valence-electron chi connectivity index (χ2n) is 6.44. The molecule has 4 nitrogen and oxygen atoms in total. The minimum Gasteiger partial charge on any atom is -0.490 e. The van der Waals surface area contributed by atoms with Gasteiger partial charge in [-0.2, -0.15) is 0 Å². The van der Waals surface area contributed by atoms with Crippen LogP contribution >= 0.6 is 0 Å². The predicted octanol–water partition coefficient (Wildman–Crippen LogP) is 4.24. The lowest BCUT2D eigenvalue weighted by Crippen LogP contribution is -2.27. The highest BCUT2D eigenvalue weighted by Gasteiger charge is 2.15. The van der Waals surface area contributed by atoms with Crippen molar-refractivity contribution in [1.82, 2.24) is 9.88 Å². The fourth-order valence-electron chi connectivity index (χ4n) is 3.06. The van der Waals surface area contributed by atoms with Gasteiger partial charge in [0, 0.05) is 30.2 Å². The van der Waals surface area contributed by atoms with E-state index in [0.29, 0.717) is 19.6 Å². The number of H-pyrrole nitrogens is 1. The van der Waals surface area contributed by atoms with Crippen molar-refractivity contribution in [1.29, 1.82) is 0 Å². The van der Waals surface area contributed by atoms with Gasteiger partial charge in [-0.25, -0.2) is 0 Å². The molecule has 0 aliphatic carbocycles. The molecule has 0 fully saturated rings. The number of amides is 1. The first-order valence-corrected chi connectivity index (χ1v) is 8.71. The van der Waals surface area contributed by atoms with Crippen molar-refractivity contribution in [3.63, 3.8) is 0 Å². The van der Waals surface area contributed by atoms with E-state index in [1.54, 1.807) is 11.0 Å². The summed E-state index contributed by atoms with van der Waals surface area (Å²) >= 11 is 0. The molecule has 1 amide bonds. The summed E-state index contributed by atoms with van der Waals surface area (Å²) in [5.74, 6) is 0.905. The van der Waals surface area contributed by atoms with E-state index >= 15 is 0 Å². The van der Waals surface area contributed by atoms with Crippen molar-refractivity contribution in [2.75, 3.05) is 13.7 Å². The maximum atomic E-state index is 12.7. The smallest absolute Gasteiger partial charge is 0.227 e. The van der Waals surface area contributed by atoms with Crippen LogP contribution in [0.15, 0.2) is 61.2 Å². The molecule has 2 aromatic carbocycles. The molecule has 3 rings (SSSR count). The Balaban J connectivity index is 1.66. The summed E-state index contributed by atoms with van der Waals surface area (Å²) in [5, 5.41) is 1.12. The summed E-state index contributed by atoms with van der Waals surface area (Å²) in [4.78, 5) is 17.8. The Morgan fingerprint density at radius 3 is 2.65 bits per heavy atom. The molecule has 0 aliphatic heterocycles. The van der Waals surface area contributed by atoms with E-state index in [1.165, 1.54) is 0 Å². The number of hydrogen-bond acceptors (Lipinski definition) is 2. The van der Waals surface area contributed by atoms with Gasteiger partial charge in [-0.1, -0.05) is 43.0 Å². The van der Waals surface area contributed by atoms with Gasteiger partial charge in [0.25, 0.3) is 0 Å². The molecular weight excluding hydrogens is 324 g/mol. The molecule has 0 spiro atoms. The van der Waals surface area contributed by atoms with Crippen molar-refractivity contribution in [3.05, 3.63) is 78.0 Å². The van der Waals surface area contributed by atoms with Crippen molar-refractivity contribution in [2.24, 2.45) is 0 Å². The quantitative estimate of drug-likeness (QED) is 0.649. The van der Waals surface area contributed by atoms with Gasteiger partial charge in [-0.3, -0.25) is 4.79 Å². The zero-order valence-corrected chi connectivity index (χ0v) is 15.3. The lowest BCUT2D eigenvalue weighted by molar-refractivity contribution is -0.129. The standard InChI is InChI=1S/C22H24N2O2/c1-4-13-26-18-11-9-17(10-12-18)15-24(3)22(25)14-20-16(2)23-21-8-6-5-7-19(20)21/h4-12,23H,1,13-15H2,2-3H3. The first-order chi connectivity index (χ1) is 12.6. The van der Waals surface area contributed by atoms with E-state index in [2.05, 4.69) is 17.6 Å². The van der Waals surface area contributed by atoms with Crippen LogP contribution in [0.3, 0.4) is 0 Å². The van der Waals surface area contributed by atoms with Crippen LogP contribution in [0.25, 0.3) is 10.9 Å². The Labute approximate surface area is 154 Å². The number of aryl methyl sites for hydroxylation is 1. The Bertz CT molecular complexity index is 910. The summed E-state index contributed by atoms with van der Waals surface area (Å²) in [5.41, 5.74) is 4.27. The molecule has 0 saturated carbocycles. The van der Waals surface area contributed by atoms with E-state index in [9.17, 15) is 4.79 Å².